The Kier molecular flexibility index (Phi) is 4.31. The first kappa shape index (κ1) is 16.9. The molecule has 1 aromatic heterocycles. The van der Waals surface area contributed by atoms with Crippen LogP contribution in [0.4, 0.5) is 5.69 Å². The van der Waals surface area contributed by atoms with Crippen LogP contribution in [0, 0.1) is 6.92 Å². The first-order chi connectivity index (χ1) is 12.6. The number of aromatic nitrogens is 1. The van der Waals surface area contributed by atoms with Gasteiger partial charge in [0.2, 0.25) is 5.91 Å². The number of carbonyl (C=O) groups is 1. The van der Waals surface area contributed by atoms with Crippen LogP contribution >= 0.6 is 0 Å². The van der Waals surface area contributed by atoms with Crippen LogP contribution in [0.2, 0.25) is 0 Å². The molecule has 0 bridgehead atoms. The predicted octanol–water partition coefficient (Wildman–Crippen LogP) is 3.41. The van der Waals surface area contributed by atoms with Crippen molar-refractivity contribution in [1.82, 2.24) is 4.57 Å². The molecule has 1 amide bonds. The highest BCUT2D eigenvalue weighted by Crippen LogP contribution is 2.34. The number of methoxy groups -OCH3 is 1. The molecule has 5 heteroatoms. The van der Waals surface area contributed by atoms with Crippen LogP contribution in [0.3, 0.4) is 0 Å². The Morgan fingerprint density at radius 2 is 1.81 bits per heavy atom. The molecule has 1 atom stereocenters. The first-order valence-corrected chi connectivity index (χ1v) is 9.24. The second kappa shape index (κ2) is 6.63. The lowest BCUT2D eigenvalue weighted by atomic mass is 9.92. The van der Waals surface area contributed by atoms with E-state index in [4.69, 9.17) is 4.74 Å². The molecule has 2 aromatic rings. The topological polar surface area (TPSA) is 51.5 Å². The van der Waals surface area contributed by atoms with E-state index >= 15 is 0 Å². The van der Waals surface area contributed by atoms with Crippen molar-refractivity contribution in [3.63, 3.8) is 0 Å². The number of hydrogen-bond acceptors (Lipinski definition) is 3. The first-order valence-electron chi connectivity index (χ1n) is 9.24. The van der Waals surface area contributed by atoms with Crippen molar-refractivity contribution in [3.05, 3.63) is 58.0 Å². The number of aryl methyl sites for hydroxylation is 1. The quantitative estimate of drug-likeness (QED) is 0.847. The van der Waals surface area contributed by atoms with Crippen LogP contribution in [-0.4, -0.2) is 24.1 Å². The minimum atomic E-state index is -0.0292. The van der Waals surface area contributed by atoms with Gasteiger partial charge in [-0.1, -0.05) is 12.1 Å². The van der Waals surface area contributed by atoms with Gasteiger partial charge in [0.1, 0.15) is 11.4 Å². The van der Waals surface area contributed by atoms with E-state index in [9.17, 15) is 9.59 Å². The van der Waals surface area contributed by atoms with Crippen LogP contribution in [-0.2, 0) is 4.79 Å². The molecule has 136 valence electrons. The van der Waals surface area contributed by atoms with E-state index in [-0.39, 0.29) is 23.4 Å². The second-order valence-electron chi connectivity index (χ2n) is 7.32. The Morgan fingerprint density at radius 3 is 2.42 bits per heavy atom. The van der Waals surface area contributed by atoms with E-state index in [2.05, 4.69) is 0 Å². The summed E-state index contributed by atoms with van der Waals surface area (Å²) in [5.74, 6) is 0.930. The van der Waals surface area contributed by atoms with E-state index in [0.717, 1.165) is 29.7 Å². The van der Waals surface area contributed by atoms with Crippen LogP contribution in [0.1, 0.15) is 48.8 Å². The summed E-state index contributed by atoms with van der Waals surface area (Å²) < 4.78 is 7.02. The number of nitrogens with zero attached hydrogens (tertiary/aromatic N) is 2. The monoisotopic (exact) mass is 352 g/mol. The Balaban J connectivity index is 1.64. The molecule has 1 aromatic carbocycles. The van der Waals surface area contributed by atoms with Gasteiger partial charge < -0.3 is 14.2 Å². The fraction of sp³-hybridized carbons (Fsp3) is 0.429. The van der Waals surface area contributed by atoms with Gasteiger partial charge in [-0.05, 0) is 55.5 Å². The van der Waals surface area contributed by atoms with Crippen molar-refractivity contribution in [1.29, 1.82) is 0 Å². The predicted molar refractivity (Wildman–Crippen MR) is 101 cm³/mol. The maximum Gasteiger partial charge on any atom is 0.275 e. The van der Waals surface area contributed by atoms with Gasteiger partial charge in [-0.2, -0.15) is 0 Å². The molecule has 2 fully saturated rings. The summed E-state index contributed by atoms with van der Waals surface area (Å²) >= 11 is 0. The summed E-state index contributed by atoms with van der Waals surface area (Å²) in [5, 5.41) is 0. The molecular formula is C21H24N2O3. The minimum Gasteiger partial charge on any atom is -0.497 e. The lowest BCUT2D eigenvalue weighted by Crippen LogP contribution is -2.36. The van der Waals surface area contributed by atoms with Crippen molar-refractivity contribution < 1.29 is 9.53 Å². The van der Waals surface area contributed by atoms with E-state index in [1.807, 2.05) is 48.0 Å². The van der Waals surface area contributed by atoms with Crippen molar-refractivity contribution in [2.24, 2.45) is 0 Å². The third-order valence-electron chi connectivity index (χ3n) is 5.75. The van der Waals surface area contributed by atoms with E-state index in [1.165, 1.54) is 6.42 Å². The van der Waals surface area contributed by atoms with Crippen LogP contribution in [0.15, 0.2) is 41.3 Å². The van der Waals surface area contributed by atoms with Gasteiger partial charge in [-0.15, -0.1) is 0 Å². The third-order valence-corrected chi connectivity index (χ3v) is 5.75. The zero-order chi connectivity index (χ0) is 18.3. The summed E-state index contributed by atoms with van der Waals surface area (Å²) in [4.78, 5) is 27.4. The van der Waals surface area contributed by atoms with Gasteiger partial charge in [0.25, 0.3) is 5.56 Å². The highest BCUT2D eigenvalue weighted by Gasteiger charge is 2.34. The molecule has 1 aliphatic heterocycles. The minimum absolute atomic E-state index is 0.0253. The molecule has 0 N–H and O–H groups in total. The van der Waals surface area contributed by atoms with Gasteiger partial charge in [-0.3, -0.25) is 9.59 Å². The van der Waals surface area contributed by atoms with E-state index < -0.39 is 0 Å². The van der Waals surface area contributed by atoms with Crippen LogP contribution in [0.5, 0.6) is 5.75 Å². The molecule has 2 aliphatic rings. The summed E-state index contributed by atoms with van der Waals surface area (Å²) in [5.41, 5.74) is 2.50. The fourth-order valence-electron chi connectivity index (χ4n) is 3.93. The van der Waals surface area contributed by atoms with Gasteiger partial charge in [0.15, 0.2) is 0 Å². The maximum absolute atomic E-state index is 13.0. The average molecular weight is 352 g/mol. The number of rotatable bonds is 4. The zero-order valence-electron chi connectivity index (χ0n) is 15.3. The highest BCUT2D eigenvalue weighted by atomic mass is 16.5. The molecule has 1 saturated carbocycles. The number of amides is 1. The number of benzene rings is 1. The molecule has 0 unspecified atom stereocenters. The Bertz CT molecular complexity index is 881. The number of anilines is 1. The fourth-order valence-corrected chi connectivity index (χ4v) is 3.93. The molecule has 0 spiro atoms. The van der Waals surface area contributed by atoms with E-state index in [1.54, 1.807) is 12.0 Å². The second-order valence-corrected chi connectivity index (χ2v) is 7.32. The summed E-state index contributed by atoms with van der Waals surface area (Å²) in [6.45, 7) is 2.46. The molecule has 26 heavy (non-hydrogen) atoms. The molecule has 1 saturated heterocycles. The SMILES string of the molecule is COc1ccc([C@H]2CC(=O)N(c3c(C)ccn(C4CCC4)c3=O)C2)cc1. The van der Waals surface area contributed by atoms with Crippen molar-refractivity contribution >= 4 is 11.6 Å². The van der Waals surface area contributed by atoms with Gasteiger partial charge >= 0.3 is 0 Å². The van der Waals surface area contributed by atoms with Gasteiger partial charge in [0.05, 0.1) is 7.11 Å². The lowest BCUT2D eigenvalue weighted by Gasteiger charge is -2.29. The smallest absolute Gasteiger partial charge is 0.275 e. The number of carbonyl (C=O) groups excluding carboxylic acids is 1. The van der Waals surface area contributed by atoms with Gasteiger partial charge in [-0.25, -0.2) is 0 Å². The molecule has 5 nitrogen and oxygen atoms in total. The van der Waals surface area contributed by atoms with Crippen molar-refractivity contribution in [2.75, 3.05) is 18.6 Å². The number of hydrogen-bond donors (Lipinski definition) is 0. The molecule has 1 aliphatic carbocycles. The molecule has 4 rings (SSSR count). The standard InChI is InChI=1S/C21H24N2O3/c1-14-10-11-22(17-4-3-5-17)21(25)20(14)23-13-16(12-19(23)24)15-6-8-18(26-2)9-7-15/h6-11,16-17H,3-5,12-13H2,1-2H3/t16-/m0/s1. The Morgan fingerprint density at radius 1 is 1.08 bits per heavy atom. The number of ether oxygens (including phenoxy) is 1. The molecule has 0 radical (unpaired) electrons. The molecule has 2 heterocycles. The highest BCUT2D eigenvalue weighted by molar-refractivity contribution is 5.97. The Hall–Kier alpha value is -2.56. The zero-order valence-corrected chi connectivity index (χ0v) is 15.3. The average Bonchev–Trinajstić information content (AvgIpc) is 2.97. The summed E-state index contributed by atoms with van der Waals surface area (Å²) in [6, 6.07) is 10.1. The van der Waals surface area contributed by atoms with Gasteiger partial charge in [0, 0.05) is 31.1 Å². The largest absolute Gasteiger partial charge is 0.497 e. The third kappa shape index (κ3) is 2.81. The van der Waals surface area contributed by atoms with Crippen LogP contribution < -0.4 is 15.2 Å². The molecular weight excluding hydrogens is 328 g/mol. The normalized spacial score (nSPS) is 20.3. The van der Waals surface area contributed by atoms with E-state index in [0.29, 0.717) is 18.7 Å². The van der Waals surface area contributed by atoms with Crippen molar-refractivity contribution in [3.8, 4) is 5.75 Å². The van der Waals surface area contributed by atoms with Crippen LogP contribution in [0.25, 0.3) is 0 Å². The Labute approximate surface area is 153 Å². The summed E-state index contributed by atoms with van der Waals surface area (Å²) in [7, 11) is 1.64. The maximum atomic E-state index is 13.0. The van der Waals surface area contributed by atoms with Crippen molar-refractivity contribution in [2.45, 2.75) is 44.6 Å². The summed E-state index contributed by atoms with van der Waals surface area (Å²) in [6.07, 6.45) is 5.58. The number of pyridine rings is 1. The lowest BCUT2D eigenvalue weighted by molar-refractivity contribution is -0.117.